The number of amides is 1. The van der Waals surface area contributed by atoms with E-state index < -0.39 is 15.4 Å². The number of rotatable bonds is 6. The van der Waals surface area contributed by atoms with Crippen molar-refractivity contribution in [2.24, 2.45) is 5.41 Å². The van der Waals surface area contributed by atoms with E-state index in [1.807, 2.05) is 49.3 Å². The van der Waals surface area contributed by atoms with Crippen molar-refractivity contribution in [1.29, 1.82) is 0 Å². The van der Waals surface area contributed by atoms with Gasteiger partial charge in [0.15, 0.2) is 0 Å². The highest BCUT2D eigenvalue weighted by atomic mass is 32.2. The van der Waals surface area contributed by atoms with Crippen molar-refractivity contribution in [1.82, 2.24) is 14.5 Å². The molecule has 27 heavy (non-hydrogen) atoms. The fraction of sp³-hybridized carbons (Fsp3) is 0.650. The Balaban J connectivity index is 1.85. The Morgan fingerprint density at radius 1 is 1.22 bits per heavy atom. The first-order valence-corrected chi connectivity index (χ1v) is 11.4. The minimum Gasteiger partial charge on any atom is -0.354 e. The summed E-state index contributed by atoms with van der Waals surface area (Å²) in [5.74, 6) is 0.0827. The second-order valence-corrected chi connectivity index (χ2v) is 10.1. The van der Waals surface area contributed by atoms with Crippen molar-refractivity contribution < 1.29 is 13.2 Å². The van der Waals surface area contributed by atoms with Crippen LogP contribution < -0.4 is 5.32 Å². The fourth-order valence-electron chi connectivity index (χ4n) is 4.47. The lowest BCUT2D eigenvalue weighted by Gasteiger charge is -2.50. The van der Waals surface area contributed by atoms with Crippen LogP contribution in [0.2, 0.25) is 0 Å². The van der Waals surface area contributed by atoms with Crippen LogP contribution in [-0.2, 0) is 21.4 Å². The SMILES string of the molecule is CN(C)CCNC(=O)[C@@]12CCCC[C@H]1N(Cc1ccccc1)S(=O)(=O)CC2. The molecule has 1 aliphatic heterocycles. The molecular formula is C20H31N3O3S. The maximum absolute atomic E-state index is 13.2. The first-order chi connectivity index (χ1) is 12.8. The molecule has 1 saturated carbocycles. The van der Waals surface area contributed by atoms with E-state index in [0.717, 1.165) is 37.8 Å². The van der Waals surface area contributed by atoms with E-state index >= 15 is 0 Å². The van der Waals surface area contributed by atoms with Crippen LogP contribution in [0.5, 0.6) is 0 Å². The summed E-state index contributed by atoms with van der Waals surface area (Å²) in [5, 5.41) is 3.08. The van der Waals surface area contributed by atoms with Crippen LogP contribution in [0.15, 0.2) is 30.3 Å². The van der Waals surface area contributed by atoms with E-state index in [2.05, 4.69) is 5.32 Å². The van der Waals surface area contributed by atoms with Crippen molar-refractivity contribution in [3.8, 4) is 0 Å². The second-order valence-electron chi connectivity index (χ2n) is 8.07. The number of carbonyl (C=O) groups excluding carboxylic acids is 1. The standard InChI is InChI=1S/C20H31N3O3S/c1-22(2)14-13-21-19(24)20-11-7-6-10-18(20)23(27(25,26)15-12-20)16-17-8-4-3-5-9-17/h3-5,8-9,18H,6-7,10-16H2,1-2H3,(H,21,24)/t18-,20-/m1/s1. The molecule has 1 saturated heterocycles. The van der Waals surface area contributed by atoms with Crippen LogP contribution >= 0.6 is 0 Å². The molecule has 0 bridgehead atoms. The normalized spacial score (nSPS) is 27.9. The number of fused-ring (bicyclic) bond motifs is 1. The largest absolute Gasteiger partial charge is 0.354 e. The summed E-state index contributed by atoms with van der Waals surface area (Å²) in [6, 6.07) is 9.43. The lowest BCUT2D eigenvalue weighted by Crippen LogP contribution is -2.62. The lowest BCUT2D eigenvalue weighted by atomic mass is 9.67. The average Bonchev–Trinajstić information content (AvgIpc) is 2.64. The summed E-state index contributed by atoms with van der Waals surface area (Å²) in [6.45, 7) is 1.71. The number of nitrogens with one attached hydrogen (secondary N) is 1. The minimum absolute atomic E-state index is 0.0296. The Kier molecular flexibility index (Phi) is 6.23. The Bertz CT molecular complexity index is 751. The quantitative estimate of drug-likeness (QED) is 0.801. The van der Waals surface area contributed by atoms with Crippen LogP contribution in [-0.4, -0.2) is 62.5 Å². The van der Waals surface area contributed by atoms with Crippen molar-refractivity contribution in [3.63, 3.8) is 0 Å². The van der Waals surface area contributed by atoms with Gasteiger partial charge < -0.3 is 10.2 Å². The molecule has 1 aliphatic carbocycles. The zero-order chi connectivity index (χ0) is 19.5. The molecule has 1 aromatic rings. The zero-order valence-corrected chi connectivity index (χ0v) is 17.2. The number of carbonyl (C=O) groups is 1. The van der Waals surface area contributed by atoms with Gasteiger partial charge in [-0.05, 0) is 38.9 Å². The van der Waals surface area contributed by atoms with Crippen LogP contribution in [0.1, 0.15) is 37.7 Å². The summed E-state index contributed by atoms with van der Waals surface area (Å²) < 4.78 is 27.4. The number of benzene rings is 1. The Labute approximate surface area is 163 Å². The van der Waals surface area contributed by atoms with Gasteiger partial charge in [-0.25, -0.2) is 8.42 Å². The van der Waals surface area contributed by atoms with E-state index in [-0.39, 0.29) is 17.7 Å². The Hall–Kier alpha value is -1.44. The number of sulfonamides is 1. The molecule has 7 heteroatoms. The topological polar surface area (TPSA) is 69.7 Å². The van der Waals surface area contributed by atoms with Crippen LogP contribution in [0.4, 0.5) is 0 Å². The van der Waals surface area contributed by atoms with Crippen molar-refractivity contribution in [3.05, 3.63) is 35.9 Å². The molecule has 2 aliphatic rings. The molecule has 0 spiro atoms. The van der Waals surface area contributed by atoms with Gasteiger partial charge in [-0.3, -0.25) is 4.79 Å². The molecule has 2 fully saturated rings. The van der Waals surface area contributed by atoms with Gasteiger partial charge in [0.25, 0.3) is 0 Å². The molecule has 150 valence electrons. The lowest BCUT2D eigenvalue weighted by molar-refractivity contribution is -0.137. The minimum atomic E-state index is -3.35. The molecule has 1 N–H and O–H groups in total. The first kappa shape index (κ1) is 20.3. The summed E-state index contributed by atoms with van der Waals surface area (Å²) in [5.41, 5.74) is 0.375. The predicted octanol–water partition coefficient (Wildman–Crippen LogP) is 1.83. The van der Waals surface area contributed by atoms with Crippen molar-refractivity contribution >= 4 is 15.9 Å². The van der Waals surface area contributed by atoms with Gasteiger partial charge in [-0.1, -0.05) is 43.2 Å². The third-order valence-electron chi connectivity index (χ3n) is 5.98. The van der Waals surface area contributed by atoms with Crippen molar-refractivity contribution in [2.75, 3.05) is 32.9 Å². The number of likely N-dealkylation sites (N-methyl/N-ethyl adjacent to an activating group) is 1. The van der Waals surface area contributed by atoms with Crippen LogP contribution in [0.25, 0.3) is 0 Å². The number of hydrogen-bond donors (Lipinski definition) is 1. The van der Waals surface area contributed by atoms with Gasteiger partial charge >= 0.3 is 0 Å². The summed E-state index contributed by atoms with van der Waals surface area (Å²) in [6.07, 6.45) is 3.91. The van der Waals surface area contributed by atoms with Gasteiger partial charge in [0.05, 0.1) is 11.2 Å². The number of nitrogens with zero attached hydrogens (tertiary/aromatic N) is 2. The third-order valence-corrected chi connectivity index (χ3v) is 7.80. The molecule has 6 nitrogen and oxygen atoms in total. The van der Waals surface area contributed by atoms with E-state index in [1.165, 1.54) is 0 Å². The Morgan fingerprint density at radius 3 is 2.67 bits per heavy atom. The maximum atomic E-state index is 13.2. The molecule has 0 aromatic heterocycles. The summed E-state index contributed by atoms with van der Waals surface area (Å²) >= 11 is 0. The monoisotopic (exact) mass is 393 g/mol. The highest BCUT2D eigenvalue weighted by molar-refractivity contribution is 7.89. The molecule has 0 unspecified atom stereocenters. The fourth-order valence-corrected chi connectivity index (χ4v) is 6.37. The molecular weight excluding hydrogens is 362 g/mol. The van der Waals surface area contributed by atoms with Crippen molar-refractivity contribution in [2.45, 2.75) is 44.7 Å². The maximum Gasteiger partial charge on any atom is 0.227 e. The molecule has 1 heterocycles. The molecule has 3 rings (SSSR count). The third kappa shape index (κ3) is 4.36. The Morgan fingerprint density at radius 2 is 1.96 bits per heavy atom. The van der Waals surface area contributed by atoms with Gasteiger partial charge in [0.2, 0.25) is 15.9 Å². The zero-order valence-electron chi connectivity index (χ0n) is 16.4. The summed E-state index contributed by atoms with van der Waals surface area (Å²) in [7, 11) is 0.597. The van der Waals surface area contributed by atoms with E-state index in [9.17, 15) is 13.2 Å². The van der Waals surface area contributed by atoms with Crippen LogP contribution in [0, 0.1) is 5.41 Å². The average molecular weight is 394 g/mol. The predicted molar refractivity (Wildman–Crippen MR) is 107 cm³/mol. The van der Waals surface area contributed by atoms with Gasteiger partial charge in [-0.15, -0.1) is 0 Å². The van der Waals surface area contributed by atoms with E-state index in [4.69, 9.17) is 0 Å². The van der Waals surface area contributed by atoms with E-state index in [1.54, 1.807) is 4.31 Å². The van der Waals surface area contributed by atoms with Gasteiger partial charge in [0, 0.05) is 25.7 Å². The van der Waals surface area contributed by atoms with E-state index in [0.29, 0.717) is 19.5 Å². The van der Waals surface area contributed by atoms with Crippen LogP contribution in [0.3, 0.4) is 0 Å². The molecule has 1 amide bonds. The first-order valence-electron chi connectivity index (χ1n) is 9.82. The highest BCUT2D eigenvalue weighted by Gasteiger charge is 2.55. The number of hydrogen-bond acceptors (Lipinski definition) is 4. The highest BCUT2D eigenvalue weighted by Crippen LogP contribution is 2.47. The molecule has 1 aromatic carbocycles. The second kappa shape index (κ2) is 8.29. The smallest absolute Gasteiger partial charge is 0.227 e. The molecule has 0 radical (unpaired) electrons. The van der Waals surface area contributed by atoms with Gasteiger partial charge in [0.1, 0.15) is 0 Å². The van der Waals surface area contributed by atoms with Gasteiger partial charge in [-0.2, -0.15) is 4.31 Å². The summed E-state index contributed by atoms with van der Waals surface area (Å²) in [4.78, 5) is 15.2. The molecule has 2 atom stereocenters.